The first-order chi connectivity index (χ1) is 11.7. The standard InChI is InChI=1S/C21H20O3/c1-3-24-21(22)18-11-9-17(10-12-18)20(16-7-5-4-6-8-16)19-14-23-13-15(19)2/h4-14,20H,3H2,1-2H3. The third kappa shape index (κ3) is 3.25. The lowest BCUT2D eigenvalue weighted by atomic mass is 9.84. The Hall–Kier alpha value is -2.81. The average Bonchev–Trinajstić information content (AvgIpc) is 3.03. The average molecular weight is 320 g/mol. The summed E-state index contributed by atoms with van der Waals surface area (Å²) < 4.78 is 10.4. The molecule has 0 saturated heterocycles. The first kappa shape index (κ1) is 16.1. The van der Waals surface area contributed by atoms with E-state index in [1.807, 2.05) is 49.4 Å². The van der Waals surface area contributed by atoms with E-state index in [0.717, 1.165) is 16.7 Å². The van der Waals surface area contributed by atoms with E-state index in [1.54, 1.807) is 19.5 Å². The normalized spacial score (nSPS) is 11.9. The van der Waals surface area contributed by atoms with Crippen LogP contribution in [0, 0.1) is 6.92 Å². The number of ether oxygens (including phenoxy) is 1. The van der Waals surface area contributed by atoms with Gasteiger partial charge in [0.2, 0.25) is 0 Å². The molecule has 24 heavy (non-hydrogen) atoms. The molecule has 0 amide bonds. The number of rotatable bonds is 5. The summed E-state index contributed by atoms with van der Waals surface area (Å²) in [4.78, 5) is 11.8. The van der Waals surface area contributed by atoms with Gasteiger partial charge >= 0.3 is 5.97 Å². The summed E-state index contributed by atoms with van der Waals surface area (Å²) in [6, 6.07) is 17.9. The third-order valence-electron chi connectivity index (χ3n) is 4.09. The molecule has 0 radical (unpaired) electrons. The molecule has 3 aromatic rings. The number of hydrogen-bond acceptors (Lipinski definition) is 3. The zero-order chi connectivity index (χ0) is 16.9. The molecule has 1 unspecified atom stereocenters. The van der Waals surface area contributed by atoms with Crippen LogP contribution in [0.2, 0.25) is 0 Å². The second kappa shape index (κ2) is 7.18. The predicted molar refractivity (Wildman–Crippen MR) is 93.2 cm³/mol. The van der Waals surface area contributed by atoms with Crippen LogP contribution in [0.3, 0.4) is 0 Å². The lowest BCUT2D eigenvalue weighted by Gasteiger charge is -2.18. The Bertz CT molecular complexity index is 801. The van der Waals surface area contributed by atoms with Gasteiger partial charge in [0.15, 0.2) is 0 Å². The molecule has 1 heterocycles. The molecular weight excluding hydrogens is 300 g/mol. The van der Waals surface area contributed by atoms with E-state index in [0.29, 0.717) is 12.2 Å². The van der Waals surface area contributed by atoms with Crippen LogP contribution in [0.5, 0.6) is 0 Å². The highest BCUT2D eigenvalue weighted by Gasteiger charge is 2.20. The molecule has 0 spiro atoms. The molecule has 3 nitrogen and oxygen atoms in total. The number of esters is 1. The summed E-state index contributed by atoms with van der Waals surface area (Å²) in [5.74, 6) is -0.221. The van der Waals surface area contributed by atoms with E-state index in [2.05, 4.69) is 12.1 Å². The maximum absolute atomic E-state index is 11.8. The minimum atomic E-state index is -0.292. The number of hydrogen-bond donors (Lipinski definition) is 0. The van der Waals surface area contributed by atoms with Crippen molar-refractivity contribution in [2.45, 2.75) is 19.8 Å². The Labute approximate surface area is 141 Å². The zero-order valence-corrected chi connectivity index (χ0v) is 13.9. The van der Waals surface area contributed by atoms with Gasteiger partial charge in [-0.15, -0.1) is 0 Å². The largest absolute Gasteiger partial charge is 0.472 e. The predicted octanol–water partition coefficient (Wildman–Crippen LogP) is 4.94. The summed E-state index contributed by atoms with van der Waals surface area (Å²) in [5, 5.41) is 0. The summed E-state index contributed by atoms with van der Waals surface area (Å²) in [5.41, 5.74) is 5.10. The van der Waals surface area contributed by atoms with Gasteiger partial charge < -0.3 is 9.15 Å². The van der Waals surface area contributed by atoms with E-state index in [-0.39, 0.29) is 11.9 Å². The summed E-state index contributed by atoms with van der Waals surface area (Å²) in [6.45, 7) is 4.22. The van der Waals surface area contributed by atoms with E-state index in [1.165, 1.54) is 5.56 Å². The SMILES string of the molecule is CCOC(=O)c1ccc(C(c2ccccc2)c2cocc2C)cc1. The minimum absolute atomic E-state index is 0.0706. The maximum atomic E-state index is 11.8. The smallest absolute Gasteiger partial charge is 0.338 e. The van der Waals surface area contributed by atoms with Crippen molar-refractivity contribution in [3.8, 4) is 0 Å². The fraction of sp³-hybridized carbons (Fsp3) is 0.190. The quantitative estimate of drug-likeness (QED) is 0.625. The van der Waals surface area contributed by atoms with Crippen molar-refractivity contribution < 1.29 is 13.9 Å². The second-order valence-corrected chi connectivity index (χ2v) is 5.70. The number of carbonyl (C=O) groups is 1. The summed E-state index contributed by atoms with van der Waals surface area (Å²) in [7, 11) is 0. The van der Waals surface area contributed by atoms with Gasteiger partial charge in [0.25, 0.3) is 0 Å². The van der Waals surface area contributed by atoms with E-state index < -0.39 is 0 Å². The van der Waals surface area contributed by atoms with Gasteiger partial charge in [0, 0.05) is 11.5 Å². The molecule has 0 N–H and O–H groups in total. The third-order valence-corrected chi connectivity index (χ3v) is 4.09. The fourth-order valence-corrected chi connectivity index (χ4v) is 2.89. The van der Waals surface area contributed by atoms with Gasteiger partial charge in [-0.3, -0.25) is 0 Å². The second-order valence-electron chi connectivity index (χ2n) is 5.70. The highest BCUT2D eigenvalue weighted by molar-refractivity contribution is 5.89. The minimum Gasteiger partial charge on any atom is -0.472 e. The molecule has 3 heteroatoms. The van der Waals surface area contributed by atoms with Crippen LogP contribution < -0.4 is 0 Å². The first-order valence-electron chi connectivity index (χ1n) is 8.05. The number of benzene rings is 2. The van der Waals surface area contributed by atoms with Crippen LogP contribution in [-0.4, -0.2) is 12.6 Å². The molecule has 122 valence electrons. The van der Waals surface area contributed by atoms with Crippen LogP contribution in [0.25, 0.3) is 0 Å². The van der Waals surface area contributed by atoms with Gasteiger partial charge in [-0.1, -0.05) is 42.5 Å². The zero-order valence-electron chi connectivity index (χ0n) is 13.9. The van der Waals surface area contributed by atoms with Crippen molar-refractivity contribution in [2.24, 2.45) is 0 Å². The van der Waals surface area contributed by atoms with Crippen LogP contribution in [0.1, 0.15) is 45.5 Å². The number of aryl methyl sites for hydroxylation is 1. The molecular formula is C21H20O3. The Balaban J connectivity index is 2.01. The van der Waals surface area contributed by atoms with Crippen LogP contribution in [-0.2, 0) is 4.74 Å². The number of carbonyl (C=O) groups excluding carboxylic acids is 1. The van der Waals surface area contributed by atoms with Crippen LogP contribution in [0.4, 0.5) is 0 Å². The Morgan fingerprint density at radius 3 is 2.25 bits per heavy atom. The monoisotopic (exact) mass is 320 g/mol. The van der Waals surface area contributed by atoms with Crippen molar-refractivity contribution in [1.82, 2.24) is 0 Å². The highest BCUT2D eigenvalue weighted by Crippen LogP contribution is 2.34. The van der Waals surface area contributed by atoms with Gasteiger partial charge in [0.1, 0.15) is 0 Å². The molecule has 1 aromatic heterocycles. The lowest BCUT2D eigenvalue weighted by molar-refractivity contribution is 0.0526. The lowest BCUT2D eigenvalue weighted by Crippen LogP contribution is -2.07. The Morgan fingerprint density at radius 2 is 1.67 bits per heavy atom. The van der Waals surface area contributed by atoms with Crippen molar-refractivity contribution >= 4 is 5.97 Å². The molecule has 0 aliphatic carbocycles. The molecule has 0 fully saturated rings. The molecule has 3 rings (SSSR count). The molecule has 2 aromatic carbocycles. The molecule has 0 aliphatic rings. The molecule has 0 bridgehead atoms. The summed E-state index contributed by atoms with van der Waals surface area (Å²) in [6.07, 6.45) is 3.56. The molecule has 1 atom stereocenters. The number of furan rings is 1. The van der Waals surface area contributed by atoms with Crippen molar-refractivity contribution in [1.29, 1.82) is 0 Å². The first-order valence-corrected chi connectivity index (χ1v) is 8.05. The maximum Gasteiger partial charge on any atom is 0.338 e. The van der Waals surface area contributed by atoms with Crippen LogP contribution in [0.15, 0.2) is 71.5 Å². The fourth-order valence-electron chi connectivity index (χ4n) is 2.89. The summed E-state index contributed by atoms with van der Waals surface area (Å²) >= 11 is 0. The Kier molecular flexibility index (Phi) is 4.80. The van der Waals surface area contributed by atoms with Gasteiger partial charge in [0.05, 0.1) is 24.7 Å². The van der Waals surface area contributed by atoms with Gasteiger partial charge in [-0.05, 0) is 42.7 Å². The van der Waals surface area contributed by atoms with Crippen molar-refractivity contribution in [3.63, 3.8) is 0 Å². The van der Waals surface area contributed by atoms with Gasteiger partial charge in [-0.25, -0.2) is 4.79 Å². The Morgan fingerprint density at radius 1 is 1.00 bits per heavy atom. The molecule has 0 saturated carbocycles. The van der Waals surface area contributed by atoms with E-state index in [9.17, 15) is 4.79 Å². The van der Waals surface area contributed by atoms with Crippen molar-refractivity contribution in [2.75, 3.05) is 6.61 Å². The van der Waals surface area contributed by atoms with E-state index in [4.69, 9.17) is 9.15 Å². The van der Waals surface area contributed by atoms with Crippen LogP contribution >= 0.6 is 0 Å². The van der Waals surface area contributed by atoms with E-state index >= 15 is 0 Å². The topological polar surface area (TPSA) is 39.4 Å². The highest BCUT2D eigenvalue weighted by atomic mass is 16.5. The van der Waals surface area contributed by atoms with Crippen molar-refractivity contribution in [3.05, 3.63) is 94.9 Å². The van der Waals surface area contributed by atoms with Gasteiger partial charge in [-0.2, -0.15) is 0 Å². The molecule has 0 aliphatic heterocycles.